The number of aromatic hydroxyl groups is 1. The second kappa shape index (κ2) is 7.47. The Bertz CT molecular complexity index is 809. The van der Waals surface area contributed by atoms with E-state index in [0.29, 0.717) is 4.90 Å². The smallest absolute Gasteiger partial charge is 0.283 e. The number of hydrogen-bond acceptors (Lipinski definition) is 6. The molecule has 0 atom stereocenters. The molecule has 0 unspecified atom stereocenters. The van der Waals surface area contributed by atoms with Crippen molar-refractivity contribution >= 4 is 29.3 Å². The van der Waals surface area contributed by atoms with Crippen molar-refractivity contribution in [3.63, 3.8) is 0 Å². The molecule has 0 aromatic heterocycles. The zero-order valence-corrected chi connectivity index (χ0v) is 13.3. The Kier molecular flexibility index (Phi) is 5.38. The van der Waals surface area contributed by atoms with E-state index in [1.807, 2.05) is 0 Å². The topological polar surface area (TPSA) is 122 Å². The first kappa shape index (κ1) is 17.3. The maximum atomic E-state index is 12.0. The molecule has 0 aliphatic heterocycles. The van der Waals surface area contributed by atoms with Crippen LogP contribution in [0.3, 0.4) is 0 Å². The van der Waals surface area contributed by atoms with Crippen LogP contribution in [0.15, 0.2) is 47.4 Å². The van der Waals surface area contributed by atoms with Crippen LogP contribution in [0.1, 0.15) is 20.7 Å². The fourth-order valence-corrected chi connectivity index (χ4v) is 2.44. The van der Waals surface area contributed by atoms with E-state index in [1.54, 1.807) is 18.4 Å². The summed E-state index contributed by atoms with van der Waals surface area (Å²) in [7, 11) is 0. The molecule has 0 aliphatic rings. The van der Waals surface area contributed by atoms with Crippen molar-refractivity contribution in [1.82, 2.24) is 10.9 Å². The van der Waals surface area contributed by atoms with E-state index in [9.17, 15) is 24.8 Å². The first-order valence-electron chi connectivity index (χ1n) is 6.65. The van der Waals surface area contributed by atoms with E-state index >= 15 is 0 Å². The van der Waals surface area contributed by atoms with Gasteiger partial charge in [-0.3, -0.25) is 30.6 Å². The normalized spacial score (nSPS) is 10.0. The minimum absolute atomic E-state index is 0.0125. The van der Waals surface area contributed by atoms with E-state index < -0.39 is 16.7 Å². The molecule has 0 heterocycles. The maximum absolute atomic E-state index is 12.0. The van der Waals surface area contributed by atoms with Gasteiger partial charge in [-0.25, -0.2) is 0 Å². The third-order valence-corrected chi connectivity index (χ3v) is 3.86. The second-order valence-corrected chi connectivity index (χ2v) is 5.42. The Morgan fingerprint density at radius 1 is 1.12 bits per heavy atom. The third kappa shape index (κ3) is 3.82. The van der Waals surface area contributed by atoms with E-state index in [4.69, 9.17) is 0 Å². The van der Waals surface area contributed by atoms with Crippen LogP contribution < -0.4 is 10.9 Å². The Hall–Kier alpha value is -3.07. The minimum atomic E-state index is -0.713. The Balaban J connectivity index is 2.10. The SMILES string of the molecule is CSc1ccc(C(=O)NNC(=O)c2ccccc2O)cc1[N+](=O)[O-]. The molecule has 124 valence electrons. The molecule has 0 bridgehead atoms. The summed E-state index contributed by atoms with van der Waals surface area (Å²) < 4.78 is 0. The van der Waals surface area contributed by atoms with Crippen molar-refractivity contribution < 1.29 is 19.6 Å². The number of amides is 2. The number of hydrogen-bond donors (Lipinski definition) is 3. The second-order valence-electron chi connectivity index (χ2n) is 4.57. The fourth-order valence-electron chi connectivity index (χ4n) is 1.89. The van der Waals surface area contributed by atoms with Gasteiger partial charge in [0.15, 0.2) is 0 Å². The van der Waals surface area contributed by atoms with Crippen molar-refractivity contribution in [2.24, 2.45) is 0 Å². The van der Waals surface area contributed by atoms with Gasteiger partial charge in [0.1, 0.15) is 5.75 Å². The lowest BCUT2D eigenvalue weighted by atomic mass is 10.2. The molecule has 2 aromatic rings. The monoisotopic (exact) mass is 347 g/mol. The molecular weight excluding hydrogens is 334 g/mol. The van der Waals surface area contributed by atoms with Crippen molar-refractivity contribution in [3.05, 3.63) is 63.7 Å². The van der Waals surface area contributed by atoms with E-state index in [1.165, 1.54) is 36.0 Å². The van der Waals surface area contributed by atoms with Crippen LogP contribution in [-0.4, -0.2) is 28.1 Å². The zero-order chi connectivity index (χ0) is 17.7. The van der Waals surface area contributed by atoms with Gasteiger partial charge < -0.3 is 5.11 Å². The molecule has 2 rings (SSSR count). The van der Waals surface area contributed by atoms with Gasteiger partial charge in [-0.1, -0.05) is 12.1 Å². The highest BCUT2D eigenvalue weighted by Crippen LogP contribution is 2.28. The number of nitro benzene ring substituents is 1. The lowest BCUT2D eigenvalue weighted by Crippen LogP contribution is -2.41. The predicted molar refractivity (Wildman–Crippen MR) is 87.9 cm³/mol. The number of carbonyl (C=O) groups excluding carboxylic acids is 2. The molecule has 0 radical (unpaired) electrons. The van der Waals surface area contributed by atoms with Gasteiger partial charge in [0.2, 0.25) is 0 Å². The van der Waals surface area contributed by atoms with Crippen LogP contribution in [0.5, 0.6) is 5.75 Å². The van der Waals surface area contributed by atoms with Gasteiger partial charge in [0.05, 0.1) is 15.4 Å². The number of para-hydroxylation sites is 1. The van der Waals surface area contributed by atoms with Gasteiger partial charge in [0.25, 0.3) is 17.5 Å². The van der Waals surface area contributed by atoms with E-state index in [0.717, 1.165) is 6.07 Å². The number of nitro groups is 1. The fraction of sp³-hybridized carbons (Fsp3) is 0.0667. The molecule has 0 saturated heterocycles. The molecule has 8 nitrogen and oxygen atoms in total. The number of benzene rings is 2. The summed E-state index contributed by atoms with van der Waals surface area (Å²) in [5.41, 5.74) is 4.11. The number of nitrogens with one attached hydrogen (secondary N) is 2. The summed E-state index contributed by atoms with van der Waals surface area (Å²) in [6.45, 7) is 0. The average Bonchev–Trinajstić information content (AvgIpc) is 2.59. The molecule has 24 heavy (non-hydrogen) atoms. The summed E-state index contributed by atoms with van der Waals surface area (Å²) in [6.07, 6.45) is 1.69. The summed E-state index contributed by atoms with van der Waals surface area (Å²) in [6, 6.07) is 9.84. The molecule has 3 N–H and O–H groups in total. The van der Waals surface area contributed by atoms with Gasteiger partial charge in [0, 0.05) is 11.6 Å². The first-order chi connectivity index (χ1) is 11.4. The third-order valence-electron chi connectivity index (χ3n) is 3.08. The summed E-state index contributed by atoms with van der Waals surface area (Å²) in [5, 5.41) is 20.6. The number of carbonyl (C=O) groups is 2. The molecule has 0 fully saturated rings. The molecule has 2 aromatic carbocycles. The summed E-state index contributed by atoms with van der Waals surface area (Å²) in [5.74, 6) is -1.66. The number of nitrogens with zero attached hydrogens (tertiary/aromatic N) is 1. The van der Waals surface area contributed by atoms with Gasteiger partial charge in [-0.2, -0.15) is 0 Å². The summed E-state index contributed by atoms with van der Waals surface area (Å²) in [4.78, 5) is 34.8. The zero-order valence-electron chi connectivity index (χ0n) is 12.5. The number of phenolic OH excluding ortho intramolecular Hbond substituents is 1. The first-order valence-corrected chi connectivity index (χ1v) is 7.87. The molecule has 0 spiro atoms. The Morgan fingerprint density at radius 2 is 1.79 bits per heavy atom. The molecular formula is C15H13N3O5S. The predicted octanol–water partition coefficient (Wildman–Crippen LogP) is 2.10. The number of rotatable bonds is 4. The highest BCUT2D eigenvalue weighted by Gasteiger charge is 2.18. The average molecular weight is 347 g/mol. The molecule has 9 heteroatoms. The minimum Gasteiger partial charge on any atom is -0.507 e. The van der Waals surface area contributed by atoms with Crippen LogP contribution in [0.25, 0.3) is 0 Å². The van der Waals surface area contributed by atoms with Gasteiger partial charge >= 0.3 is 0 Å². The molecule has 0 aliphatic carbocycles. The standard InChI is InChI=1S/C15H13N3O5S/c1-24-13-7-6-9(8-11(13)18(22)23)14(20)16-17-15(21)10-4-2-3-5-12(10)19/h2-8,19H,1H3,(H,16,20)(H,17,21). The van der Waals surface area contributed by atoms with E-state index in [-0.39, 0.29) is 22.6 Å². The lowest BCUT2D eigenvalue weighted by molar-refractivity contribution is -0.387. The van der Waals surface area contributed by atoms with Crippen LogP contribution in [0.4, 0.5) is 5.69 Å². The highest BCUT2D eigenvalue weighted by atomic mass is 32.2. The lowest BCUT2D eigenvalue weighted by Gasteiger charge is -2.09. The van der Waals surface area contributed by atoms with Crippen molar-refractivity contribution in [2.45, 2.75) is 4.90 Å². The quantitative estimate of drug-likeness (QED) is 0.442. The Morgan fingerprint density at radius 3 is 2.42 bits per heavy atom. The van der Waals surface area contributed by atoms with Crippen LogP contribution in [0, 0.1) is 10.1 Å². The van der Waals surface area contributed by atoms with Gasteiger partial charge in [-0.05, 0) is 30.5 Å². The van der Waals surface area contributed by atoms with Crippen molar-refractivity contribution in [1.29, 1.82) is 0 Å². The van der Waals surface area contributed by atoms with Crippen LogP contribution >= 0.6 is 11.8 Å². The maximum Gasteiger partial charge on any atom is 0.283 e. The molecule has 2 amide bonds. The number of phenols is 1. The highest BCUT2D eigenvalue weighted by molar-refractivity contribution is 7.98. The number of thioether (sulfide) groups is 1. The Labute approximate surface area is 141 Å². The summed E-state index contributed by atoms with van der Waals surface area (Å²) >= 11 is 1.19. The van der Waals surface area contributed by atoms with Crippen molar-refractivity contribution in [3.8, 4) is 5.75 Å². The largest absolute Gasteiger partial charge is 0.507 e. The van der Waals surface area contributed by atoms with Crippen LogP contribution in [-0.2, 0) is 0 Å². The van der Waals surface area contributed by atoms with Gasteiger partial charge in [-0.15, -0.1) is 11.8 Å². The van der Waals surface area contributed by atoms with E-state index in [2.05, 4.69) is 10.9 Å². The van der Waals surface area contributed by atoms with Crippen LogP contribution in [0.2, 0.25) is 0 Å². The van der Waals surface area contributed by atoms with Crippen molar-refractivity contribution in [2.75, 3.05) is 6.26 Å². The molecule has 0 saturated carbocycles. The number of hydrazine groups is 1.